The van der Waals surface area contributed by atoms with Crippen molar-refractivity contribution in [3.63, 3.8) is 0 Å². The third-order valence-corrected chi connectivity index (χ3v) is 3.99. The van der Waals surface area contributed by atoms with Crippen molar-refractivity contribution in [3.05, 3.63) is 54.0 Å². The molecule has 122 valence electrons. The van der Waals surface area contributed by atoms with Gasteiger partial charge in [-0.3, -0.25) is 9.69 Å². The summed E-state index contributed by atoms with van der Waals surface area (Å²) in [7, 11) is 0. The van der Waals surface area contributed by atoms with Crippen LogP contribution in [0.5, 0.6) is 0 Å². The van der Waals surface area contributed by atoms with E-state index in [0.717, 1.165) is 32.7 Å². The van der Waals surface area contributed by atoms with Gasteiger partial charge in [-0.05, 0) is 5.56 Å². The number of hydrogen-bond acceptors (Lipinski definition) is 4. The van der Waals surface area contributed by atoms with Gasteiger partial charge in [0, 0.05) is 32.7 Å². The van der Waals surface area contributed by atoms with Crippen LogP contribution in [0.2, 0.25) is 0 Å². The molecule has 1 aromatic carbocycles. The molecular weight excluding hydrogens is 292 g/mol. The third-order valence-electron chi connectivity index (χ3n) is 3.99. The molecule has 23 heavy (non-hydrogen) atoms. The Morgan fingerprint density at radius 2 is 1.87 bits per heavy atom. The van der Waals surface area contributed by atoms with E-state index in [1.54, 1.807) is 0 Å². The van der Waals surface area contributed by atoms with E-state index < -0.39 is 0 Å². The molecular formula is C18H22N2O3. The molecule has 0 spiro atoms. The Kier molecular flexibility index (Phi) is 5.32. The van der Waals surface area contributed by atoms with Gasteiger partial charge in [0.15, 0.2) is 0 Å². The van der Waals surface area contributed by atoms with Crippen LogP contribution in [0.1, 0.15) is 5.56 Å². The summed E-state index contributed by atoms with van der Waals surface area (Å²) in [6, 6.07) is 10.3. The molecule has 5 heteroatoms. The lowest BCUT2D eigenvalue weighted by molar-refractivity contribution is -0.133. The molecule has 0 saturated carbocycles. The molecule has 1 amide bonds. The SMILES string of the molecule is O=C(C1=COCCO1)N1CCN(C/C=C/c2ccccc2)CC1. The molecule has 0 bridgehead atoms. The van der Waals surface area contributed by atoms with Crippen molar-refractivity contribution in [3.8, 4) is 0 Å². The summed E-state index contributed by atoms with van der Waals surface area (Å²) < 4.78 is 10.5. The zero-order chi connectivity index (χ0) is 15.9. The number of carbonyl (C=O) groups is 1. The second-order valence-electron chi connectivity index (χ2n) is 5.61. The average Bonchev–Trinajstić information content (AvgIpc) is 2.63. The fourth-order valence-corrected chi connectivity index (χ4v) is 2.67. The zero-order valence-electron chi connectivity index (χ0n) is 13.2. The van der Waals surface area contributed by atoms with Gasteiger partial charge in [0.05, 0.1) is 0 Å². The number of ether oxygens (including phenoxy) is 2. The highest BCUT2D eigenvalue weighted by molar-refractivity contribution is 5.91. The molecule has 3 rings (SSSR count). The molecule has 2 aliphatic heterocycles. The van der Waals surface area contributed by atoms with Crippen LogP contribution < -0.4 is 0 Å². The lowest BCUT2D eigenvalue weighted by Crippen LogP contribution is -2.49. The Balaban J connectivity index is 1.44. The molecule has 2 aliphatic rings. The first-order valence-electron chi connectivity index (χ1n) is 8.01. The van der Waals surface area contributed by atoms with E-state index in [4.69, 9.17) is 9.47 Å². The van der Waals surface area contributed by atoms with Crippen molar-refractivity contribution in [2.75, 3.05) is 45.9 Å². The van der Waals surface area contributed by atoms with Crippen LogP contribution in [0.3, 0.4) is 0 Å². The first-order chi connectivity index (χ1) is 11.3. The highest BCUT2D eigenvalue weighted by atomic mass is 16.6. The quantitative estimate of drug-likeness (QED) is 0.849. The van der Waals surface area contributed by atoms with Crippen LogP contribution in [0, 0.1) is 0 Å². The molecule has 0 unspecified atom stereocenters. The first kappa shape index (κ1) is 15.6. The standard InChI is InChI=1S/C18H22N2O3/c21-18(17-15-22-13-14-23-17)20-11-9-19(10-12-20)8-4-7-16-5-2-1-3-6-16/h1-7,15H,8-14H2/b7-4+. The van der Waals surface area contributed by atoms with E-state index in [0.29, 0.717) is 19.0 Å². The summed E-state index contributed by atoms with van der Waals surface area (Å²) in [6.45, 7) is 5.05. The van der Waals surface area contributed by atoms with E-state index in [1.807, 2.05) is 23.1 Å². The summed E-state index contributed by atoms with van der Waals surface area (Å²) in [4.78, 5) is 16.5. The van der Waals surface area contributed by atoms with Crippen LogP contribution in [0.25, 0.3) is 6.08 Å². The van der Waals surface area contributed by atoms with Crippen LogP contribution in [-0.2, 0) is 14.3 Å². The van der Waals surface area contributed by atoms with Gasteiger partial charge in [0.2, 0.25) is 5.76 Å². The monoisotopic (exact) mass is 314 g/mol. The fourth-order valence-electron chi connectivity index (χ4n) is 2.67. The normalized spacial score (nSPS) is 19.1. The second kappa shape index (κ2) is 7.83. The molecule has 0 radical (unpaired) electrons. The molecule has 2 heterocycles. The highest BCUT2D eigenvalue weighted by Gasteiger charge is 2.25. The Bertz CT molecular complexity index is 575. The van der Waals surface area contributed by atoms with Crippen LogP contribution >= 0.6 is 0 Å². The fraction of sp³-hybridized carbons (Fsp3) is 0.389. The Morgan fingerprint density at radius 1 is 1.09 bits per heavy atom. The largest absolute Gasteiger partial charge is 0.494 e. The summed E-state index contributed by atoms with van der Waals surface area (Å²) in [5.41, 5.74) is 1.21. The van der Waals surface area contributed by atoms with E-state index in [9.17, 15) is 4.79 Å². The number of rotatable bonds is 4. The number of hydrogen-bond donors (Lipinski definition) is 0. The smallest absolute Gasteiger partial charge is 0.292 e. The zero-order valence-corrected chi connectivity index (χ0v) is 13.2. The van der Waals surface area contributed by atoms with Crippen molar-refractivity contribution in [1.29, 1.82) is 0 Å². The minimum atomic E-state index is -0.0656. The number of benzene rings is 1. The van der Waals surface area contributed by atoms with Gasteiger partial charge >= 0.3 is 0 Å². The van der Waals surface area contributed by atoms with Gasteiger partial charge < -0.3 is 14.4 Å². The van der Waals surface area contributed by atoms with Gasteiger partial charge in [-0.15, -0.1) is 0 Å². The number of piperazine rings is 1. The molecule has 0 N–H and O–H groups in total. The molecule has 1 fully saturated rings. The lowest BCUT2D eigenvalue weighted by atomic mass is 10.2. The topological polar surface area (TPSA) is 42.0 Å². The summed E-state index contributed by atoms with van der Waals surface area (Å²) in [5, 5.41) is 0. The molecule has 1 aromatic rings. The van der Waals surface area contributed by atoms with Gasteiger partial charge in [-0.2, -0.15) is 0 Å². The average molecular weight is 314 g/mol. The van der Waals surface area contributed by atoms with Gasteiger partial charge in [0.25, 0.3) is 5.91 Å². The second-order valence-corrected chi connectivity index (χ2v) is 5.61. The minimum Gasteiger partial charge on any atom is -0.494 e. The number of nitrogens with zero attached hydrogens (tertiary/aromatic N) is 2. The van der Waals surface area contributed by atoms with Gasteiger partial charge in [-0.25, -0.2) is 0 Å². The lowest BCUT2D eigenvalue weighted by Gasteiger charge is -2.34. The summed E-state index contributed by atoms with van der Waals surface area (Å²) >= 11 is 0. The predicted octanol–water partition coefficient (Wildman–Crippen LogP) is 1.73. The van der Waals surface area contributed by atoms with Crippen LogP contribution in [0.4, 0.5) is 0 Å². The molecule has 1 saturated heterocycles. The maximum absolute atomic E-state index is 12.3. The van der Waals surface area contributed by atoms with Crippen molar-refractivity contribution in [1.82, 2.24) is 9.80 Å². The number of carbonyl (C=O) groups excluding carboxylic acids is 1. The molecule has 0 aliphatic carbocycles. The van der Waals surface area contributed by atoms with Gasteiger partial charge in [0.1, 0.15) is 19.5 Å². The summed E-state index contributed by atoms with van der Waals surface area (Å²) in [5.74, 6) is 0.262. The Morgan fingerprint density at radius 3 is 2.57 bits per heavy atom. The van der Waals surface area contributed by atoms with E-state index in [-0.39, 0.29) is 5.91 Å². The van der Waals surface area contributed by atoms with Crippen molar-refractivity contribution in [2.24, 2.45) is 0 Å². The maximum Gasteiger partial charge on any atom is 0.292 e. The summed E-state index contributed by atoms with van der Waals surface area (Å²) in [6.07, 6.45) is 5.74. The molecule has 0 aromatic heterocycles. The Labute approximate surface area is 136 Å². The minimum absolute atomic E-state index is 0.0656. The Hall–Kier alpha value is -2.27. The van der Waals surface area contributed by atoms with E-state index in [2.05, 4.69) is 29.2 Å². The van der Waals surface area contributed by atoms with Crippen molar-refractivity contribution in [2.45, 2.75) is 0 Å². The third kappa shape index (κ3) is 4.36. The van der Waals surface area contributed by atoms with Crippen molar-refractivity contribution < 1.29 is 14.3 Å². The van der Waals surface area contributed by atoms with Crippen LogP contribution in [0.15, 0.2) is 48.4 Å². The number of amides is 1. The van der Waals surface area contributed by atoms with Crippen molar-refractivity contribution >= 4 is 12.0 Å². The molecule has 5 nitrogen and oxygen atoms in total. The predicted molar refractivity (Wildman–Crippen MR) is 88.5 cm³/mol. The highest BCUT2D eigenvalue weighted by Crippen LogP contribution is 2.11. The van der Waals surface area contributed by atoms with E-state index >= 15 is 0 Å². The first-order valence-corrected chi connectivity index (χ1v) is 8.01. The molecule has 0 atom stereocenters. The van der Waals surface area contributed by atoms with Crippen LogP contribution in [-0.4, -0.2) is 61.6 Å². The van der Waals surface area contributed by atoms with Gasteiger partial charge in [-0.1, -0.05) is 42.5 Å². The van der Waals surface area contributed by atoms with E-state index in [1.165, 1.54) is 11.8 Å². The maximum atomic E-state index is 12.3.